The number of nitrogens with one attached hydrogen (secondary N) is 1. The first-order valence-electron chi connectivity index (χ1n) is 13.5. The van der Waals surface area contributed by atoms with Crippen molar-refractivity contribution in [3.05, 3.63) is 24.0 Å². The van der Waals surface area contributed by atoms with Crippen LogP contribution in [0.1, 0.15) is 51.9 Å². The number of halogens is 1. The normalized spacial score (nSPS) is 18.4. The average molecular weight is 508 g/mol. The van der Waals surface area contributed by atoms with E-state index < -0.39 is 12.2 Å². The molecular formula is C27H44FN4O4+. The number of nitrogens with zero attached hydrogens (tertiary/aromatic N) is 3. The topological polar surface area (TPSA) is 71.1 Å². The molecule has 1 N–H and O–H groups in total. The van der Waals surface area contributed by atoms with Crippen molar-refractivity contribution in [3.63, 3.8) is 0 Å². The Morgan fingerprint density at radius 3 is 2.50 bits per heavy atom. The number of amides is 2. The van der Waals surface area contributed by atoms with Gasteiger partial charge in [0.1, 0.15) is 11.9 Å². The van der Waals surface area contributed by atoms with Crippen LogP contribution in [-0.2, 0) is 14.3 Å². The number of quaternary nitrogens is 1. The summed E-state index contributed by atoms with van der Waals surface area (Å²) < 4.78 is 26.2. The van der Waals surface area contributed by atoms with Crippen molar-refractivity contribution >= 4 is 23.4 Å². The van der Waals surface area contributed by atoms with Crippen molar-refractivity contribution in [2.24, 2.45) is 0 Å². The van der Waals surface area contributed by atoms with Gasteiger partial charge in [0.25, 0.3) is 5.91 Å². The molecule has 0 spiro atoms. The van der Waals surface area contributed by atoms with Crippen LogP contribution < -0.4 is 15.1 Å². The van der Waals surface area contributed by atoms with Crippen LogP contribution in [0.15, 0.2) is 18.2 Å². The third-order valence-corrected chi connectivity index (χ3v) is 6.93. The Kier molecular flexibility index (Phi) is 10.8. The Morgan fingerprint density at radius 2 is 1.81 bits per heavy atom. The first kappa shape index (κ1) is 28.2. The first-order chi connectivity index (χ1) is 17.3. The Bertz CT molecular complexity index is 860. The van der Waals surface area contributed by atoms with Gasteiger partial charge in [-0.05, 0) is 31.0 Å². The molecule has 1 atom stereocenters. The molecule has 2 saturated heterocycles. The third kappa shape index (κ3) is 8.62. The van der Waals surface area contributed by atoms with E-state index in [1.54, 1.807) is 12.1 Å². The standard InChI is InChI=1S/C27H43FN4O4/c1-4-5-6-7-8-9-10-15-32(2,3)21-26(33)29-19-23-20-31(27(34)36-23)22-11-12-25(24(28)18-22)30-13-16-35-17-14-30/h11-12,18,23H,4-10,13-17,19-21H2,1-3H3/p+1/t23-/m0/s1. The fraction of sp³-hybridized carbons (Fsp3) is 0.704. The molecule has 2 heterocycles. The highest BCUT2D eigenvalue weighted by molar-refractivity contribution is 5.90. The summed E-state index contributed by atoms with van der Waals surface area (Å²) in [6.07, 6.45) is 7.77. The van der Waals surface area contributed by atoms with Gasteiger partial charge in [-0.25, -0.2) is 9.18 Å². The number of benzene rings is 1. The number of morpholine rings is 1. The Morgan fingerprint density at radius 1 is 1.11 bits per heavy atom. The van der Waals surface area contributed by atoms with Crippen molar-refractivity contribution in [2.45, 2.75) is 58.0 Å². The van der Waals surface area contributed by atoms with Gasteiger partial charge in [0, 0.05) is 13.1 Å². The number of likely N-dealkylation sites (N-methyl/N-ethyl adjacent to an activating group) is 1. The van der Waals surface area contributed by atoms with Crippen molar-refractivity contribution in [1.82, 2.24) is 5.32 Å². The monoisotopic (exact) mass is 507 g/mol. The third-order valence-electron chi connectivity index (χ3n) is 6.93. The summed E-state index contributed by atoms with van der Waals surface area (Å²) in [6, 6.07) is 4.81. The quantitative estimate of drug-likeness (QED) is 0.305. The molecule has 0 saturated carbocycles. The van der Waals surface area contributed by atoms with E-state index in [2.05, 4.69) is 26.3 Å². The van der Waals surface area contributed by atoms with Crippen LogP contribution in [-0.4, -0.2) is 89.2 Å². The van der Waals surface area contributed by atoms with Crippen LogP contribution in [0.2, 0.25) is 0 Å². The van der Waals surface area contributed by atoms with E-state index in [0.29, 0.717) is 48.7 Å². The Hall–Kier alpha value is -2.39. The number of rotatable bonds is 14. The molecule has 3 rings (SSSR count). The number of anilines is 2. The van der Waals surface area contributed by atoms with E-state index in [0.717, 1.165) is 13.0 Å². The van der Waals surface area contributed by atoms with Gasteiger partial charge in [0.05, 0.1) is 58.3 Å². The largest absolute Gasteiger partial charge is 0.442 e. The number of cyclic esters (lactones) is 1. The van der Waals surface area contributed by atoms with Gasteiger partial charge >= 0.3 is 6.09 Å². The van der Waals surface area contributed by atoms with E-state index in [1.807, 2.05) is 4.90 Å². The van der Waals surface area contributed by atoms with Crippen LogP contribution in [0.25, 0.3) is 0 Å². The van der Waals surface area contributed by atoms with Gasteiger partial charge in [-0.1, -0.05) is 39.0 Å². The molecular weight excluding hydrogens is 463 g/mol. The molecule has 0 aromatic heterocycles. The summed E-state index contributed by atoms with van der Waals surface area (Å²) >= 11 is 0. The van der Waals surface area contributed by atoms with Crippen LogP contribution in [0, 0.1) is 5.82 Å². The molecule has 2 amide bonds. The van der Waals surface area contributed by atoms with Crippen LogP contribution in [0.4, 0.5) is 20.6 Å². The first-order valence-corrected chi connectivity index (χ1v) is 13.5. The molecule has 202 valence electrons. The summed E-state index contributed by atoms with van der Waals surface area (Å²) in [7, 11) is 4.15. The summed E-state index contributed by atoms with van der Waals surface area (Å²) in [5, 5.41) is 2.91. The average Bonchev–Trinajstić information content (AvgIpc) is 3.23. The van der Waals surface area contributed by atoms with E-state index >= 15 is 0 Å². The minimum absolute atomic E-state index is 0.0571. The Balaban J connectivity index is 1.40. The number of ether oxygens (including phenoxy) is 2. The second-order valence-electron chi connectivity index (χ2n) is 10.6. The van der Waals surface area contributed by atoms with Crippen LogP contribution in [0.5, 0.6) is 0 Å². The number of hydrogen-bond acceptors (Lipinski definition) is 5. The van der Waals surface area contributed by atoms with Gasteiger partial charge in [-0.2, -0.15) is 0 Å². The number of carbonyl (C=O) groups excluding carboxylic acids is 2. The maximum absolute atomic E-state index is 14.8. The van der Waals surface area contributed by atoms with Crippen molar-refractivity contribution in [2.75, 3.05) is 76.4 Å². The molecule has 2 fully saturated rings. The maximum atomic E-state index is 14.8. The maximum Gasteiger partial charge on any atom is 0.414 e. The zero-order valence-corrected chi connectivity index (χ0v) is 22.3. The second-order valence-corrected chi connectivity index (χ2v) is 10.6. The smallest absolute Gasteiger partial charge is 0.414 e. The molecule has 0 unspecified atom stereocenters. The van der Waals surface area contributed by atoms with E-state index in [9.17, 15) is 14.0 Å². The molecule has 0 aliphatic carbocycles. The fourth-order valence-corrected chi connectivity index (χ4v) is 4.81. The molecule has 36 heavy (non-hydrogen) atoms. The summed E-state index contributed by atoms with van der Waals surface area (Å²) in [6.45, 7) is 6.50. The van der Waals surface area contributed by atoms with Gasteiger partial charge < -0.3 is 24.2 Å². The molecule has 0 radical (unpaired) electrons. The van der Waals surface area contributed by atoms with Gasteiger partial charge in [0.2, 0.25) is 0 Å². The van der Waals surface area contributed by atoms with Crippen molar-refractivity contribution in [3.8, 4) is 0 Å². The molecule has 8 nitrogen and oxygen atoms in total. The lowest BCUT2D eigenvalue weighted by Gasteiger charge is -2.29. The molecule has 1 aromatic rings. The van der Waals surface area contributed by atoms with Crippen LogP contribution >= 0.6 is 0 Å². The highest BCUT2D eigenvalue weighted by atomic mass is 19.1. The van der Waals surface area contributed by atoms with Crippen molar-refractivity contribution < 1.29 is 27.9 Å². The minimum atomic E-state index is -0.525. The lowest BCUT2D eigenvalue weighted by Crippen LogP contribution is -2.49. The van der Waals surface area contributed by atoms with Gasteiger partial charge in [0.15, 0.2) is 6.54 Å². The van der Waals surface area contributed by atoms with Crippen molar-refractivity contribution in [1.29, 1.82) is 0 Å². The molecule has 2 aliphatic rings. The zero-order valence-electron chi connectivity index (χ0n) is 22.3. The highest BCUT2D eigenvalue weighted by Gasteiger charge is 2.33. The number of carbonyl (C=O) groups is 2. The SMILES string of the molecule is CCCCCCCCC[N+](C)(C)CC(=O)NC[C@H]1CN(c2ccc(N3CCOCC3)c(F)c2)C(=O)O1. The second kappa shape index (κ2) is 13.8. The predicted octanol–water partition coefficient (Wildman–Crippen LogP) is 3.93. The zero-order chi connectivity index (χ0) is 26.0. The summed E-state index contributed by atoms with van der Waals surface area (Å²) in [5.74, 6) is -0.432. The summed E-state index contributed by atoms with van der Waals surface area (Å²) in [4.78, 5) is 28.3. The lowest BCUT2D eigenvalue weighted by molar-refractivity contribution is -0.882. The molecule has 1 aromatic carbocycles. The van der Waals surface area contributed by atoms with Gasteiger partial charge in [-0.3, -0.25) is 9.69 Å². The number of hydrogen-bond donors (Lipinski definition) is 1. The predicted molar refractivity (Wildman–Crippen MR) is 140 cm³/mol. The minimum Gasteiger partial charge on any atom is -0.442 e. The van der Waals surface area contributed by atoms with E-state index in [-0.39, 0.29) is 24.8 Å². The molecule has 0 bridgehead atoms. The van der Waals surface area contributed by atoms with Crippen LogP contribution in [0.3, 0.4) is 0 Å². The lowest BCUT2D eigenvalue weighted by atomic mass is 10.1. The molecule has 9 heteroatoms. The number of unbranched alkanes of at least 4 members (excludes halogenated alkanes) is 6. The summed E-state index contributed by atoms with van der Waals surface area (Å²) in [5.41, 5.74) is 0.964. The molecule has 2 aliphatic heterocycles. The fourth-order valence-electron chi connectivity index (χ4n) is 4.81. The van der Waals surface area contributed by atoms with E-state index in [1.165, 1.54) is 49.5 Å². The highest BCUT2D eigenvalue weighted by Crippen LogP contribution is 2.28. The van der Waals surface area contributed by atoms with E-state index in [4.69, 9.17) is 9.47 Å². The Labute approximate surface area is 215 Å². The van der Waals surface area contributed by atoms with Gasteiger partial charge in [-0.15, -0.1) is 0 Å².